The molecule has 13 heavy (non-hydrogen) atoms. The van der Waals surface area contributed by atoms with Crippen molar-refractivity contribution in [1.29, 1.82) is 0 Å². The first kappa shape index (κ1) is 8.45. The van der Waals surface area contributed by atoms with Crippen LogP contribution in [0.4, 0.5) is 4.39 Å². The monoisotopic (exact) mass is 195 g/mol. The van der Waals surface area contributed by atoms with Crippen LogP contribution in [0, 0.1) is 12.7 Å². The van der Waals surface area contributed by atoms with Gasteiger partial charge >= 0.3 is 0 Å². The smallest absolute Gasteiger partial charge is 0.139 e. The van der Waals surface area contributed by atoms with Crippen molar-refractivity contribution in [2.45, 2.75) is 6.92 Å². The minimum Gasteiger partial charge on any atom is -0.244 e. The van der Waals surface area contributed by atoms with Crippen molar-refractivity contribution in [1.82, 2.24) is 4.98 Å². The number of fused-ring (bicyclic) bond motifs is 1. The fourth-order valence-corrected chi connectivity index (χ4v) is 1.59. The first-order valence-electron chi connectivity index (χ1n) is 3.89. The average Bonchev–Trinajstić information content (AvgIpc) is 2.12. The van der Waals surface area contributed by atoms with E-state index >= 15 is 0 Å². The third-order valence-corrected chi connectivity index (χ3v) is 2.30. The summed E-state index contributed by atoms with van der Waals surface area (Å²) < 4.78 is 13.3. The SMILES string of the molecule is Cc1cnc(Cl)c2c(F)cccc12. The van der Waals surface area contributed by atoms with Gasteiger partial charge in [-0.1, -0.05) is 23.7 Å². The largest absolute Gasteiger partial charge is 0.244 e. The van der Waals surface area contributed by atoms with Gasteiger partial charge < -0.3 is 0 Å². The molecule has 2 rings (SSSR count). The number of aryl methyl sites for hydroxylation is 1. The Labute approximate surface area is 80.2 Å². The lowest BCUT2D eigenvalue weighted by molar-refractivity contribution is 0.639. The molecular weight excluding hydrogens is 189 g/mol. The van der Waals surface area contributed by atoms with Gasteiger partial charge in [0.2, 0.25) is 0 Å². The average molecular weight is 196 g/mol. The number of halogens is 2. The molecular formula is C10H7ClFN. The highest BCUT2D eigenvalue weighted by atomic mass is 35.5. The zero-order chi connectivity index (χ0) is 9.42. The van der Waals surface area contributed by atoms with E-state index in [1.54, 1.807) is 12.3 Å². The molecule has 1 heterocycles. The Hall–Kier alpha value is -1.15. The Balaban J connectivity index is 3.00. The van der Waals surface area contributed by atoms with Crippen LogP contribution in [0.5, 0.6) is 0 Å². The molecule has 0 saturated heterocycles. The molecule has 0 N–H and O–H groups in total. The molecule has 0 spiro atoms. The van der Waals surface area contributed by atoms with Crippen LogP contribution in [0.3, 0.4) is 0 Å². The summed E-state index contributed by atoms with van der Waals surface area (Å²) in [6.07, 6.45) is 1.64. The van der Waals surface area contributed by atoms with Gasteiger partial charge in [-0.05, 0) is 23.9 Å². The van der Waals surface area contributed by atoms with Crippen molar-refractivity contribution in [3.63, 3.8) is 0 Å². The molecule has 0 aliphatic rings. The molecule has 1 aromatic carbocycles. The van der Waals surface area contributed by atoms with Gasteiger partial charge in [-0.2, -0.15) is 0 Å². The van der Waals surface area contributed by atoms with Crippen molar-refractivity contribution < 1.29 is 4.39 Å². The van der Waals surface area contributed by atoms with Gasteiger partial charge in [-0.3, -0.25) is 0 Å². The highest BCUT2D eigenvalue weighted by molar-refractivity contribution is 6.34. The van der Waals surface area contributed by atoms with Crippen molar-refractivity contribution >= 4 is 22.4 Å². The number of hydrogen-bond acceptors (Lipinski definition) is 1. The molecule has 0 fully saturated rings. The third kappa shape index (κ3) is 1.27. The van der Waals surface area contributed by atoms with E-state index in [9.17, 15) is 4.39 Å². The van der Waals surface area contributed by atoms with Gasteiger partial charge in [-0.15, -0.1) is 0 Å². The van der Waals surface area contributed by atoms with Crippen LogP contribution in [-0.2, 0) is 0 Å². The van der Waals surface area contributed by atoms with E-state index < -0.39 is 0 Å². The molecule has 0 bridgehead atoms. The van der Waals surface area contributed by atoms with E-state index in [1.807, 2.05) is 13.0 Å². The highest BCUT2D eigenvalue weighted by Crippen LogP contribution is 2.26. The van der Waals surface area contributed by atoms with Crippen molar-refractivity contribution in [2.75, 3.05) is 0 Å². The Morgan fingerprint density at radius 1 is 1.38 bits per heavy atom. The van der Waals surface area contributed by atoms with Crippen LogP contribution >= 0.6 is 11.6 Å². The zero-order valence-corrected chi connectivity index (χ0v) is 7.77. The molecule has 0 radical (unpaired) electrons. The molecule has 0 amide bonds. The number of aromatic nitrogens is 1. The van der Waals surface area contributed by atoms with E-state index in [0.29, 0.717) is 5.39 Å². The summed E-state index contributed by atoms with van der Waals surface area (Å²) in [7, 11) is 0. The number of nitrogens with zero attached hydrogens (tertiary/aromatic N) is 1. The third-order valence-electron chi connectivity index (χ3n) is 2.02. The Kier molecular flexibility index (Phi) is 1.93. The lowest BCUT2D eigenvalue weighted by Crippen LogP contribution is -1.86. The van der Waals surface area contributed by atoms with Crippen LogP contribution < -0.4 is 0 Å². The Morgan fingerprint density at radius 2 is 2.15 bits per heavy atom. The summed E-state index contributed by atoms with van der Waals surface area (Å²) in [6, 6.07) is 4.89. The van der Waals surface area contributed by atoms with Crippen molar-refractivity contribution in [2.24, 2.45) is 0 Å². The van der Waals surface area contributed by atoms with Gasteiger partial charge in [0.1, 0.15) is 11.0 Å². The van der Waals surface area contributed by atoms with E-state index in [0.717, 1.165) is 10.9 Å². The predicted molar refractivity (Wildman–Crippen MR) is 51.4 cm³/mol. The quantitative estimate of drug-likeness (QED) is 0.588. The second-order valence-electron chi connectivity index (χ2n) is 2.89. The lowest BCUT2D eigenvalue weighted by Gasteiger charge is -2.03. The summed E-state index contributed by atoms with van der Waals surface area (Å²) in [5.41, 5.74) is 0.930. The van der Waals surface area contributed by atoms with Crippen LogP contribution in [0.1, 0.15) is 5.56 Å². The normalized spacial score (nSPS) is 10.7. The maximum Gasteiger partial charge on any atom is 0.139 e. The van der Waals surface area contributed by atoms with Gasteiger partial charge in [-0.25, -0.2) is 9.37 Å². The highest BCUT2D eigenvalue weighted by Gasteiger charge is 2.06. The summed E-state index contributed by atoms with van der Waals surface area (Å²) in [4.78, 5) is 3.89. The van der Waals surface area contributed by atoms with Crippen molar-refractivity contribution in [3.8, 4) is 0 Å². The van der Waals surface area contributed by atoms with Gasteiger partial charge in [0.05, 0.1) is 5.39 Å². The summed E-state index contributed by atoms with van der Waals surface area (Å²) in [6.45, 7) is 1.88. The number of hydrogen-bond donors (Lipinski definition) is 0. The van der Waals surface area contributed by atoms with Crippen LogP contribution in [0.25, 0.3) is 10.8 Å². The number of pyridine rings is 1. The van der Waals surface area contributed by atoms with E-state index in [2.05, 4.69) is 4.98 Å². The minimum absolute atomic E-state index is 0.221. The molecule has 1 aromatic heterocycles. The van der Waals surface area contributed by atoms with Gasteiger partial charge in [0.15, 0.2) is 0 Å². The van der Waals surface area contributed by atoms with Crippen molar-refractivity contribution in [3.05, 3.63) is 40.9 Å². The van der Waals surface area contributed by atoms with E-state index in [-0.39, 0.29) is 11.0 Å². The van der Waals surface area contributed by atoms with Gasteiger partial charge in [0.25, 0.3) is 0 Å². The van der Waals surface area contributed by atoms with Crippen LogP contribution in [0.15, 0.2) is 24.4 Å². The van der Waals surface area contributed by atoms with Crippen LogP contribution in [0.2, 0.25) is 5.15 Å². The molecule has 0 aliphatic heterocycles. The molecule has 2 aromatic rings. The van der Waals surface area contributed by atoms with Crippen LogP contribution in [-0.4, -0.2) is 4.98 Å². The summed E-state index contributed by atoms with van der Waals surface area (Å²) in [5.74, 6) is -0.321. The molecule has 0 saturated carbocycles. The maximum absolute atomic E-state index is 13.3. The zero-order valence-electron chi connectivity index (χ0n) is 7.01. The fourth-order valence-electron chi connectivity index (χ4n) is 1.35. The first-order valence-corrected chi connectivity index (χ1v) is 4.27. The molecule has 66 valence electrons. The number of benzene rings is 1. The Morgan fingerprint density at radius 3 is 2.85 bits per heavy atom. The standard InChI is InChI=1S/C10H7ClFN/c1-6-5-13-10(11)9-7(6)3-2-4-8(9)12/h2-5H,1H3. The number of rotatable bonds is 0. The summed E-state index contributed by atoms with van der Waals surface area (Å²) >= 11 is 5.78. The fraction of sp³-hybridized carbons (Fsp3) is 0.100. The summed E-state index contributed by atoms with van der Waals surface area (Å²) in [5, 5.41) is 1.45. The second kappa shape index (κ2) is 2.96. The van der Waals surface area contributed by atoms with Gasteiger partial charge in [0, 0.05) is 6.20 Å². The molecule has 0 unspecified atom stereocenters. The molecule has 1 nitrogen and oxygen atoms in total. The maximum atomic E-state index is 13.3. The topological polar surface area (TPSA) is 12.9 Å². The predicted octanol–water partition coefficient (Wildman–Crippen LogP) is 3.34. The van der Waals surface area contributed by atoms with E-state index in [4.69, 9.17) is 11.6 Å². The Bertz CT molecular complexity index is 459. The molecule has 0 atom stereocenters. The molecule has 0 aliphatic carbocycles. The second-order valence-corrected chi connectivity index (χ2v) is 3.25. The molecule has 3 heteroatoms. The first-order chi connectivity index (χ1) is 6.20. The van der Waals surface area contributed by atoms with E-state index in [1.165, 1.54) is 6.07 Å². The lowest BCUT2D eigenvalue weighted by atomic mass is 10.1. The minimum atomic E-state index is -0.321.